The van der Waals surface area contributed by atoms with Crippen molar-refractivity contribution in [3.63, 3.8) is 0 Å². The summed E-state index contributed by atoms with van der Waals surface area (Å²) in [6.45, 7) is 3.42. The summed E-state index contributed by atoms with van der Waals surface area (Å²) in [5.41, 5.74) is 0.339. The fourth-order valence-electron chi connectivity index (χ4n) is 1.95. The highest BCUT2D eigenvalue weighted by Crippen LogP contribution is 2.28. The first kappa shape index (κ1) is 13.8. The molecule has 0 spiro atoms. The van der Waals surface area contributed by atoms with Crippen LogP contribution >= 0.6 is 11.8 Å². The first-order valence-electron chi connectivity index (χ1n) is 5.89. The quantitative estimate of drug-likeness (QED) is 0.850. The molecule has 2 heterocycles. The third-order valence-electron chi connectivity index (χ3n) is 3.13. The lowest BCUT2D eigenvalue weighted by Crippen LogP contribution is -2.54. The number of nitrogens with zero attached hydrogens (tertiary/aromatic N) is 2. The maximum atomic E-state index is 12.2. The van der Waals surface area contributed by atoms with E-state index in [4.69, 9.17) is 0 Å². The molecule has 102 valence electrons. The van der Waals surface area contributed by atoms with Crippen molar-refractivity contribution in [3.05, 3.63) is 23.0 Å². The Labute approximate surface area is 115 Å². The molecule has 1 atom stereocenters. The minimum Gasteiger partial charge on any atom is -0.479 e. The van der Waals surface area contributed by atoms with E-state index in [0.29, 0.717) is 29.1 Å². The van der Waals surface area contributed by atoms with E-state index in [9.17, 15) is 14.7 Å². The molecular weight excluding hydrogens is 266 g/mol. The van der Waals surface area contributed by atoms with Gasteiger partial charge in [0, 0.05) is 5.75 Å². The molecule has 1 amide bonds. The molecule has 1 aromatic rings. The maximum Gasteiger partial charge on any atom is 0.330 e. The molecule has 6 nitrogen and oxygen atoms in total. The minimum absolute atomic E-state index is 0.380. The molecule has 0 bridgehead atoms. The van der Waals surface area contributed by atoms with Crippen molar-refractivity contribution in [2.75, 3.05) is 11.5 Å². The Balaban J connectivity index is 2.25. The van der Waals surface area contributed by atoms with Crippen LogP contribution in [0.25, 0.3) is 0 Å². The van der Waals surface area contributed by atoms with Gasteiger partial charge < -0.3 is 10.4 Å². The molecule has 0 aromatic carbocycles. The highest BCUT2D eigenvalue weighted by Gasteiger charge is 2.43. The van der Waals surface area contributed by atoms with Gasteiger partial charge in [0.05, 0.1) is 17.0 Å². The van der Waals surface area contributed by atoms with Crippen molar-refractivity contribution >= 4 is 23.6 Å². The predicted octanol–water partition coefficient (Wildman–Crippen LogP) is 0.784. The maximum absolute atomic E-state index is 12.2. The van der Waals surface area contributed by atoms with Crippen molar-refractivity contribution in [3.8, 4) is 0 Å². The number of aromatic nitrogens is 2. The van der Waals surface area contributed by atoms with Gasteiger partial charge in [-0.05, 0) is 32.1 Å². The van der Waals surface area contributed by atoms with Crippen LogP contribution in [0.15, 0.2) is 6.07 Å². The molecule has 7 heteroatoms. The first-order valence-corrected chi connectivity index (χ1v) is 7.05. The second kappa shape index (κ2) is 5.16. The van der Waals surface area contributed by atoms with E-state index >= 15 is 0 Å². The summed E-state index contributed by atoms with van der Waals surface area (Å²) in [6.07, 6.45) is 0.440. The second-order valence-corrected chi connectivity index (χ2v) is 5.73. The SMILES string of the molecule is Cc1cc(C(=O)NC2(C(=O)O)CCSC2)c(C)nn1. The third-order valence-corrected chi connectivity index (χ3v) is 4.32. The van der Waals surface area contributed by atoms with Crippen molar-refractivity contribution < 1.29 is 14.7 Å². The molecule has 19 heavy (non-hydrogen) atoms. The van der Waals surface area contributed by atoms with E-state index in [1.807, 2.05) is 0 Å². The summed E-state index contributed by atoms with van der Waals surface area (Å²) in [4.78, 5) is 23.6. The molecule has 2 rings (SSSR count). The van der Waals surface area contributed by atoms with E-state index in [0.717, 1.165) is 5.75 Å². The van der Waals surface area contributed by atoms with Gasteiger partial charge in [-0.1, -0.05) is 0 Å². The van der Waals surface area contributed by atoms with Gasteiger partial charge in [-0.25, -0.2) is 4.79 Å². The van der Waals surface area contributed by atoms with Crippen LogP contribution in [0.5, 0.6) is 0 Å². The van der Waals surface area contributed by atoms with Crippen molar-refractivity contribution in [2.45, 2.75) is 25.8 Å². The Bertz CT molecular complexity index is 527. The number of carboxylic acid groups (broad SMARTS) is 1. The number of hydrogen-bond acceptors (Lipinski definition) is 5. The predicted molar refractivity (Wildman–Crippen MR) is 71.3 cm³/mol. The Morgan fingerprint density at radius 1 is 1.42 bits per heavy atom. The normalized spacial score (nSPS) is 22.2. The lowest BCUT2D eigenvalue weighted by molar-refractivity contribution is -0.143. The molecule has 2 N–H and O–H groups in total. The molecule has 0 aliphatic carbocycles. The lowest BCUT2D eigenvalue weighted by atomic mass is 9.98. The zero-order valence-corrected chi connectivity index (χ0v) is 11.6. The van der Waals surface area contributed by atoms with Crippen LogP contribution < -0.4 is 5.32 Å². The summed E-state index contributed by atoms with van der Waals surface area (Å²) in [5, 5.41) is 19.7. The number of carbonyl (C=O) groups excluding carboxylic acids is 1. The Hall–Kier alpha value is -1.63. The number of aryl methyl sites for hydroxylation is 2. The number of carbonyl (C=O) groups is 2. The molecule has 1 fully saturated rings. The first-order chi connectivity index (χ1) is 8.94. The van der Waals surface area contributed by atoms with Crippen LogP contribution in [0.2, 0.25) is 0 Å². The largest absolute Gasteiger partial charge is 0.479 e. The fourth-order valence-corrected chi connectivity index (χ4v) is 3.28. The average Bonchev–Trinajstić information content (AvgIpc) is 2.82. The minimum atomic E-state index is -1.16. The number of thioether (sulfide) groups is 1. The third kappa shape index (κ3) is 2.70. The summed E-state index contributed by atoms with van der Waals surface area (Å²) >= 11 is 1.53. The fraction of sp³-hybridized carbons (Fsp3) is 0.500. The van der Waals surface area contributed by atoms with Crippen molar-refractivity contribution in [1.29, 1.82) is 0 Å². The van der Waals surface area contributed by atoms with Gasteiger partial charge in [-0.2, -0.15) is 22.0 Å². The van der Waals surface area contributed by atoms with Gasteiger partial charge in [0.15, 0.2) is 0 Å². The molecule has 0 saturated carbocycles. The van der Waals surface area contributed by atoms with E-state index < -0.39 is 17.4 Å². The number of hydrogen-bond donors (Lipinski definition) is 2. The van der Waals surface area contributed by atoms with Crippen molar-refractivity contribution in [1.82, 2.24) is 15.5 Å². The van der Waals surface area contributed by atoms with E-state index in [1.165, 1.54) is 11.8 Å². The van der Waals surface area contributed by atoms with Crippen LogP contribution in [0.3, 0.4) is 0 Å². The second-order valence-electron chi connectivity index (χ2n) is 4.63. The number of aliphatic carboxylic acids is 1. The van der Waals surface area contributed by atoms with Gasteiger partial charge in [-0.3, -0.25) is 4.79 Å². The van der Waals surface area contributed by atoms with E-state index in [-0.39, 0.29) is 0 Å². The number of nitrogens with one attached hydrogen (secondary N) is 1. The van der Waals surface area contributed by atoms with Crippen LogP contribution in [-0.2, 0) is 4.79 Å². The van der Waals surface area contributed by atoms with Crippen LogP contribution in [0.1, 0.15) is 28.2 Å². The number of amides is 1. The zero-order chi connectivity index (χ0) is 14.0. The average molecular weight is 281 g/mol. The van der Waals surface area contributed by atoms with Gasteiger partial charge in [0.1, 0.15) is 5.54 Å². The standard InChI is InChI=1S/C12H15N3O3S/c1-7-5-9(8(2)15-14-7)10(16)13-12(11(17)18)3-4-19-6-12/h5H,3-4,6H2,1-2H3,(H,13,16)(H,17,18). The van der Waals surface area contributed by atoms with Gasteiger partial charge >= 0.3 is 5.97 Å². The smallest absolute Gasteiger partial charge is 0.330 e. The number of carboxylic acids is 1. The van der Waals surface area contributed by atoms with E-state index in [1.54, 1.807) is 19.9 Å². The molecular formula is C12H15N3O3S. The molecule has 0 radical (unpaired) electrons. The Morgan fingerprint density at radius 2 is 2.16 bits per heavy atom. The van der Waals surface area contributed by atoms with Crippen LogP contribution in [-0.4, -0.2) is 44.2 Å². The molecule has 1 saturated heterocycles. The summed E-state index contributed by atoms with van der Waals surface area (Å²) in [5.74, 6) is -0.258. The molecule has 1 aromatic heterocycles. The molecule has 1 unspecified atom stereocenters. The number of rotatable bonds is 3. The van der Waals surface area contributed by atoms with Crippen LogP contribution in [0, 0.1) is 13.8 Å². The van der Waals surface area contributed by atoms with Crippen LogP contribution in [0.4, 0.5) is 0 Å². The van der Waals surface area contributed by atoms with Gasteiger partial charge in [-0.15, -0.1) is 0 Å². The zero-order valence-electron chi connectivity index (χ0n) is 10.8. The Morgan fingerprint density at radius 3 is 2.74 bits per heavy atom. The summed E-state index contributed by atoms with van der Waals surface area (Å²) in [6, 6.07) is 1.62. The van der Waals surface area contributed by atoms with Gasteiger partial charge in [0.25, 0.3) is 5.91 Å². The Kier molecular flexibility index (Phi) is 3.75. The highest BCUT2D eigenvalue weighted by atomic mass is 32.2. The highest BCUT2D eigenvalue weighted by molar-refractivity contribution is 7.99. The van der Waals surface area contributed by atoms with Gasteiger partial charge in [0.2, 0.25) is 0 Å². The molecule has 1 aliphatic heterocycles. The summed E-state index contributed by atoms with van der Waals surface area (Å²) in [7, 11) is 0. The topological polar surface area (TPSA) is 92.2 Å². The monoisotopic (exact) mass is 281 g/mol. The van der Waals surface area contributed by atoms with E-state index in [2.05, 4.69) is 15.5 Å². The lowest BCUT2D eigenvalue weighted by Gasteiger charge is -2.24. The summed E-state index contributed by atoms with van der Waals surface area (Å²) < 4.78 is 0. The van der Waals surface area contributed by atoms with Crippen molar-refractivity contribution in [2.24, 2.45) is 0 Å². The molecule has 1 aliphatic rings.